The van der Waals surface area contributed by atoms with Crippen molar-refractivity contribution in [3.05, 3.63) is 18.2 Å². The lowest BCUT2D eigenvalue weighted by Gasteiger charge is -2.21. The largest absolute Gasteiger partial charge is 0.493 e. The smallest absolute Gasteiger partial charge is 0.163 e. The third-order valence-electron chi connectivity index (χ3n) is 4.00. The molecule has 0 aliphatic heterocycles. The molecule has 1 fully saturated rings. The summed E-state index contributed by atoms with van der Waals surface area (Å²) in [5.41, 5.74) is 1.13. The van der Waals surface area contributed by atoms with E-state index in [0.29, 0.717) is 12.6 Å². The summed E-state index contributed by atoms with van der Waals surface area (Å²) >= 11 is 0. The fraction of sp³-hybridized carbons (Fsp3) is 0.625. The minimum atomic E-state index is 0.605. The summed E-state index contributed by atoms with van der Waals surface area (Å²) in [7, 11) is 1.68. The normalized spacial score (nSPS) is 22.3. The Balaban J connectivity index is 2.09. The second-order valence-corrected chi connectivity index (χ2v) is 5.15. The van der Waals surface area contributed by atoms with Crippen LogP contribution in [-0.4, -0.2) is 19.8 Å². The van der Waals surface area contributed by atoms with Crippen LogP contribution in [-0.2, 0) is 0 Å². The fourth-order valence-electron chi connectivity index (χ4n) is 2.96. The number of ether oxygens (including phenoxy) is 2. The van der Waals surface area contributed by atoms with Crippen LogP contribution in [0.5, 0.6) is 11.5 Å². The first-order chi connectivity index (χ1) is 9.28. The SMILES string of the molecule is CCOc1cc(NC2CCCC2CC)ccc1OC. The molecule has 0 bridgehead atoms. The zero-order valence-electron chi connectivity index (χ0n) is 12.2. The Hall–Kier alpha value is -1.38. The summed E-state index contributed by atoms with van der Waals surface area (Å²) in [6, 6.07) is 6.70. The first kappa shape index (κ1) is 14.0. The Morgan fingerprint density at radius 1 is 1.21 bits per heavy atom. The molecule has 106 valence electrons. The number of benzene rings is 1. The van der Waals surface area contributed by atoms with Crippen molar-refractivity contribution in [2.75, 3.05) is 19.0 Å². The molecule has 3 nitrogen and oxygen atoms in total. The van der Waals surface area contributed by atoms with Gasteiger partial charge in [0.1, 0.15) is 0 Å². The van der Waals surface area contributed by atoms with Crippen molar-refractivity contribution < 1.29 is 9.47 Å². The molecule has 0 saturated heterocycles. The van der Waals surface area contributed by atoms with Gasteiger partial charge in [0, 0.05) is 17.8 Å². The molecule has 1 saturated carbocycles. The molecule has 1 aliphatic rings. The molecule has 2 rings (SSSR count). The van der Waals surface area contributed by atoms with Gasteiger partial charge in [-0.15, -0.1) is 0 Å². The van der Waals surface area contributed by atoms with E-state index in [2.05, 4.69) is 18.3 Å². The highest BCUT2D eigenvalue weighted by atomic mass is 16.5. The van der Waals surface area contributed by atoms with E-state index >= 15 is 0 Å². The minimum Gasteiger partial charge on any atom is -0.493 e. The van der Waals surface area contributed by atoms with Gasteiger partial charge in [-0.1, -0.05) is 19.8 Å². The Kier molecular flexibility index (Phi) is 4.94. The third-order valence-corrected chi connectivity index (χ3v) is 4.00. The van der Waals surface area contributed by atoms with Crippen LogP contribution < -0.4 is 14.8 Å². The predicted molar refractivity (Wildman–Crippen MR) is 79.2 cm³/mol. The quantitative estimate of drug-likeness (QED) is 0.838. The van der Waals surface area contributed by atoms with E-state index in [1.807, 2.05) is 19.1 Å². The molecule has 2 unspecified atom stereocenters. The van der Waals surface area contributed by atoms with E-state index in [0.717, 1.165) is 23.1 Å². The summed E-state index contributed by atoms with van der Waals surface area (Å²) in [6.45, 7) is 4.93. The van der Waals surface area contributed by atoms with Gasteiger partial charge in [-0.3, -0.25) is 0 Å². The zero-order valence-corrected chi connectivity index (χ0v) is 12.2. The maximum atomic E-state index is 5.62. The van der Waals surface area contributed by atoms with Crippen LogP contribution in [0.15, 0.2) is 18.2 Å². The Morgan fingerprint density at radius 2 is 2.05 bits per heavy atom. The van der Waals surface area contributed by atoms with Crippen molar-refractivity contribution in [3.8, 4) is 11.5 Å². The Bertz CT molecular complexity index is 406. The summed E-state index contributed by atoms with van der Waals surface area (Å²) < 4.78 is 10.9. The molecule has 19 heavy (non-hydrogen) atoms. The number of hydrogen-bond acceptors (Lipinski definition) is 3. The Labute approximate surface area is 116 Å². The van der Waals surface area contributed by atoms with Crippen LogP contribution in [0.2, 0.25) is 0 Å². The number of methoxy groups -OCH3 is 1. The van der Waals surface area contributed by atoms with Crippen molar-refractivity contribution in [1.29, 1.82) is 0 Å². The minimum absolute atomic E-state index is 0.605. The van der Waals surface area contributed by atoms with Crippen LogP contribution in [0, 0.1) is 5.92 Å². The molecule has 0 aromatic heterocycles. The van der Waals surface area contributed by atoms with Gasteiger partial charge in [-0.2, -0.15) is 0 Å². The molecule has 0 spiro atoms. The first-order valence-electron chi connectivity index (χ1n) is 7.35. The number of rotatable bonds is 6. The molecule has 3 heteroatoms. The van der Waals surface area contributed by atoms with Gasteiger partial charge in [0.05, 0.1) is 13.7 Å². The van der Waals surface area contributed by atoms with Crippen molar-refractivity contribution in [2.45, 2.75) is 45.6 Å². The van der Waals surface area contributed by atoms with Gasteiger partial charge >= 0.3 is 0 Å². The number of nitrogens with one attached hydrogen (secondary N) is 1. The van der Waals surface area contributed by atoms with Gasteiger partial charge in [-0.25, -0.2) is 0 Å². The van der Waals surface area contributed by atoms with E-state index in [1.54, 1.807) is 7.11 Å². The lowest BCUT2D eigenvalue weighted by molar-refractivity contribution is 0.311. The molecule has 0 amide bonds. The second kappa shape index (κ2) is 6.69. The maximum absolute atomic E-state index is 5.62. The Morgan fingerprint density at radius 3 is 2.74 bits per heavy atom. The van der Waals surface area contributed by atoms with Crippen molar-refractivity contribution >= 4 is 5.69 Å². The average Bonchev–Trinajstić information content (AvgIpc) is 2.87. The average molecular weight is 263 g/mol. The molecular formula is C16H25NO2. The van der Waals surface area contributed by atoms with E-state index in [-0.39, 0.29) is 0 Å². The van der Waals surface area contributed by atoms with Crippen LogP contribution in [0.1, 0.15) is 39.5 Å². The van der Waals surface area contributed by atoms with E-state index < -0.39 is 0 Å². The molecule has 1 aliphatic carbocycles. The van der Waals surface area contributed by atoms with E-state index in [1.165, 1.54) is 25.7 Å². The first-order valence-corrected chi connectivity index (χ1v) is 7.35. The number of hydrogen-bond donors (Lipinski definition) is 1. The van der Waals surface area contributed by atoms with Gasteiger partial charge in [-0.05, 0) is 37.8 Å². The highest BCUT2D eigenvalue weighted by Gasteiger charge is 2.25. The lowest BCUT2D eigenvalue weighted by atomic mass is 10.0. The summed E-state index contributed by atoms with van der Waals surface area (Å²) in [4.78, 5) is 0. The molecule has 0 heterocycles. The molecule has 1 N–H and O–H groups in total. The molecule has 1 aromatic rings. The van der Waals surface area contributed by atoms with Gasteiger partial charge in [0.25, 0.3) is 0 Å². The monoisotopic (exact) mass is 263 g/mol. The van der Waals surface area contributed by atoms with Gasteiger partial charge in [0.2, 0.25) is 0 Å². The maximum Gasteiger partial charge on any atom is 0.163 e. The zero-order chi connectivity index (χ0) is 13.7. The standard InChI is InChI=1S/C16H25NO2/c1-4-12-7-6-8-14(12)17-13-9-10-15(18-3)16(11-13)19-5-2/h9-12,14,17H,4-8H2,1-3H3. The molecule has 0 radical (unpaired) electrons. The molecule has 2 atom stereocenters. The summed E-state index contributed by atoms with van der Waals surface area (Å²) in [5.74, 6) is 2.42. The van der Waals surface area contributed by atoms with Gasteiger partial charge < -0.3 is 14.8 Å². The highest BCUT2D eigenvalue weighted by molar-refractivity contribution is 5.55. The molecule has 1 aromatic carbocycles. The highest BCUT2D eigenvalue weighted by Crippen LogP contribution is 2.34. The summed E-state index contributed by atoms with van der Waals surface area (Å²) in [5, 5.41) is 3.66. The van der Waals surface area contributed by atoms with Crippen LogP contribution in [0.4, 0.5) is 5.69 Å². The van der Waals surface area contributed by atoms with Crippen LogP contribution >= 0.6 is 0 Å². The van der Waals surface area contributed by atoms with E-state index in [4.69, 9.17) is 9.47 Å². The molecular weight excluding hydrogens is 238 g/mol. The van der Waals surface area contributed by atoms with Crippen molar-refractivity contribution in [3.63, 3.8) is 0 Å². The topological polar surface area (TPSA) is 30.5 Å². The predicted octanol–water partition coefficient (Wildman–Crippen LogP) is 4.08. The van der Waals surface area contributed by atoms with Crippen molar-refractivity contribution in [2.24, 2.45) is 5.92 Å². The summed E-state index contributed by atoms with van der Waals surface area (Å²) in [6.07, 6.45) is 5.22. The second-order valence-electron chi connectivity index (χ2n) is 5.15. The lowest BCUT2D eigenvalue weighted by Crippen LogP contribution is -2.23. The fourth-order valence-corrected chi connectivity index (χ4v) is 2.96. The van der Waals surface area contributed by atoms with Gasteiger partial charge in [0.15, 0.2) is 11.5 Å². The van der Waals surface area contributed by atoms with E-state index in [9.17, 15) is 0 Å². The van der Waals surface area contributed by atoms with Crippen molar-refractivity contribution in [1.82, 2.24) is 0 Å². The third kappa shape index (κ3) is 3.34. The van der Waals surface area contributed by atoms with Crippen LogP contribution in [0.3, 0.4) is 0 Å². The van der Waals surface area contributed by atoms with Crippen LogP contribution in [0.25, 0.3) is 0 Å². The number of anilines is 1.